The third-order valence-electron chi connectivity index (χ3n) is 13.2. The van der Waals surface area contributed by atoms with Gasteiger partial charge in [-0.25, -0.2) is 4.98 Å². The van der Waals surface area contributed by atoms with E-state index in [-0.39, 0.29) is 0 Å². The van der Waals surface area contributed by atoms with E-state index in [9.17, 15) is 0 Å². The monoisotopic (exact) mass is 867 g/mol. The van der Waals surface area contributed by atoms with Gasteiger partial charge in [0.25, 0.3) is 0 Å². The molecule has 0 atom stereocenters. The molecule has 13 rings (SSSR count). The highest BCUT2D eigenvalue weighted by Gasteiger charge is 2.24. The summed E-state index contributed by atoms with van der Waals surface area (Å²) in [5.41, 5.74) is 16.3. The van der Waals surface area contributed by atoms with Gasteiger partial charge in [0.1, 0.15) is 0 Å². The van der Waals surface area contributed by atoms with Gasteiger partial charge in [-0.1, -0.05) is 224 Å². The lowest BCUT2D eigenvalue weighted by atomic mass is 9.95. The Hall–Kier alpha value is -9.19. The minimum atomic E-state index is 0.551. The molecule has 13 aromatic rings. The van der Waals surface area contributed by atoms with Crippen molar-refractivity contribution in [2.45, 2.75) is 0 Å². The number of benzene rings is 10. The molecule has 0 fully saturated rings. The molecule has 0 saturated carbocycles. The summed E-state index contributed by atoms with van der Waals surface area (Å²) in [5, 5.41) is 4.52. The topological polar surface area (TPSA) is 48.5 Å². The summed E-state index contributed by atoms with van der Waals surface area (Å²) in [5.74, 6) is 1.75. The van der Waals surface area contributed by atoms with Crippen molar-refractivity contribution in [3.05, 3.63) is 249 Å². The third kappa shape index (κ3) is 6.59. The summed E-state index contributed by atoms with van der Waals surface area (Å²) in [4.78, 5) is 16.1. The van der Waals surface area contributed by atoms with Crippen LogP contribution in [0.5, 0.6) is 0 Å². The van der Waals surface area contributed by atoms with E-state index in [1.54, 1.807) is 0 Å². The second kappa shape index (κ2) is 16.4. The Balaban J connectivity index is 1.09. The van der Waals surface area contributed by atoms with Crippen LogP contribution in [0.1, 0.15) is 0 Å². The fourth-order valence-electron chi connectivity index (χ4n) is 10.1. The molecule has 10 aromatic carbocycles. The van der Waals surface area contributed by atoms with Crippen molar-refractivity contribution >= 4 is 43.6 Å². The number of fused-ring (bicyclic) bond motifs is 6. The standard InChI is InChI=1S/C63H41N5/c1-5-20-42(21-6-1)43-36-38-47(39-37-43)61-64-62(53-31-14-13-28-48(53)44-22-7-2-8-23-44)66-63(65-61)68-57-35-18-16-30-52(57)55-40-58-54(41-59(55)68)51-29-15-17-34-56(51)67(58)60-49(45-24-9-3-10-25-45)32-19-33-50(60)46-26-11-4-12-27-46/h1-41H. The largest absolute Gasteiger partial charge is 0.308 e. The molecule has 5 nitrogen and oxygen atoms in total. The Morgan fingerprint density at radius 3 is 1.21 bits per heavy atom. The average molecular weight is 868 g/mol. The second-order valence-electron chi connectivity index (χ2n) is 17.2. The van der Waals surface area contributed by atoms with Crippen molar-refractivity contribution in [2.24, 2.45) is 0 Å². The summed E-state index contributed by atoms with van der Waals surface area (Å²) in [6.07, 6.45) is 0. The molecule has 0 aliphatic carbocycles. The van der Waals surface area contributed by atoms with Crippen molar-refractivity contribution in [3.63, 3.8) is 0 Å². The molecular formula is C63H41N5. The fourth-order valence-corrected chi connectivity index (χ4v) is 10.1. The van der Waals surface area contributed by atoms with Crippen LogP contribution >= 0.6 is 0 Å². The first-order valence-electron chi connectivity index (χ1n) is 23.0. The predicted molar refractivity (Wildman–Crippen MR) is 281 cm³/mol. The molecule has 0 N–H and O–H groups in total. The predicted octanol–water partition coefficient (Wildman–Crippen LogP) is 16.1. The summed E-state index contributed by atoms with van der Waals surface area (Å²) >= 11 is 0. The Kier molecular flexibility index (Phi) is 9.43. The quantitative estimate of drug-likeness (QED) is 0.153. The first kappa shape index (κ1) is 39.2. The van der Waals surface area contributed by atoms with Crippen molar-refractivity contribution in [1.82, 2.24) is 24.1 Å². The van der Waals surface area contributed by atoms with Gasteiger partial charge in [0.15, 0.2) is 11.6 Å². The van der Waals surface area contributed by atoms with Crippen molar-refractivity contribution in [2.75, 3.05) is 0 Å². The zero-order valence-corrected chi connectivity index (χ0v) is 36.9. The number of hydrogen-bond acceptors (Lipinski definition) is 3. The van der Waals surface area contributed by atoms with Gasteiger partial charge < -0.3 is 4.57 Å². The minimum Gasteiger partial charge on any atom is -0.308 e. The fraction of sp³-hybridized carbons (Fsp3) is 0. The molecule has 0 saturated heterocycles. The van der Waals surface area contributed by atoms with Crippen LogP contribution in [-0.4, -0.2) is 24.1 Å². The summed E-state index contributed by atoms with van der Waals surface area (Å²) in [6, 6.07) is 88.2. The van der Waals surface area contributed by atoms with Crippen LogP contribution in [0.4, 0.5) is 0 Å². The SMILES string of the molecule is c1ccc(-c2ccc(-c3nc(-c4ccccc4-c4ccccc4)nc(-n4c5ccccc5c5cc6c(cc54)c4ccccc4n6-c4c(-c5ccccc5)cccc4-c4ccccc4)n3)cc2)cc1. The lowest BCUT2D eigenvalue weighted by Gasteiger charge is -2.19. The second-order valence-corrected chi connectivity index (χ2v) is 17.2. The van der Waals surface area contributed by atoms with Gasteiger partial charge in [0.05, 0.1) is 27.8 Å². The van der Waals surface area contributed by atoms with Gasteiger partial charge in [-0.15, -0.1) is 0 Å². The van der Waals surface area contributed by atoms with Crippen LogP contribution in [0.25, 0.3) is 123 Å². The zero-order valence-electron chi connectivity index (χ0n) is 36.9. The normalized spacial score (nSPS) is 11.5. The maximum absolute atomic E-state index is 5.44. The van der Waals surface area contributed by atoms with Crippen molar-refractivity contribution in [3.8, 4) is 78.9 Å². The highest BCUT2D eigenvalue weighted by molar-refractivity contribution is 6.19. The smallest absolute Gasteiger partial charge is 0.238 e. The molecule has 68 heavy (non-hydrogen) atoms. The summed E-state index contributed by atoms with van der Waals surface area (Å²) in [6.45, 7) is 0. The van der Waals surface area contributed by atoms with Crippen LogP contribution < -0.4 is 0 Å². The van der Waals surface area contributed by atoms with Crippen LogP contribution in [0.15, 0.2) is 249 Å². The molecule has 0 bridgehead atoms. The van der Waals surface area contributed by atoms with E-state index in [1.807, 2.05) is 12.1 Å². The van der Waals surface area contributed by atoms with E-state index in [0.717, 1.165) is 105 Å². The van der Waals surface area contributed by atoms with E-state index in [4.69, 9.17) is 15.0 Å². The van der Waals surface area contributed by atoms with Gasteiger partial charge >= 0.3 is 0 Å². The maximum Gasteiger partial charge on any atom is 0.238 e. The first-order valence-corrected chi connectivity index (χ1v) is 23.0. The van der Waals surface area contributed by atoms with Crippen molar-refractivity contribution < 1.29 is 0 Å². The Bertz CT molecular complexity index is 3930. The molecule has 0 unspecified atom stereocenters. The van der Waals surface area contributed by atoms with Crippen molar-refractivity contribution in [1.29, 1.82) is 0 Å². The summed E-state index contributed by atoms with van der Waals surface area (Å²) in [7, 11) is 0. The Morgan fingerprint density at radius 1 is 0.235 bits per heavy atom. The Labute approximate surface area is 393 Å². The number of hydrogen-bond donors (Lipinski definition) is 0. The molecule has 0 spiro atoms. The lowest BCUT2D eigenvalue weighted by Crippen LogP contribution is -2.07. The van der Waals surface area contributed by atoms with E-state index in [2.05, 4.69) is 246 Å². The van der Waals surface area contributed by atoms with Gasteiger partial charge in [-0.05, 0) is 57.6 Å². The van der Waals surface area contributed by atoms with Crippen LogP contribution in [0.2, 0.25) is 0 Å². The van der Waals surface area contributed by atoms with E-state index in [0.29, 0.717) is 17.6 Å². The highest BCUT2D eigenvalue weighted by atomic mass is 15.2. The maximum atomic E-state index is 5.44. The highest BCUT2D eigenvalue weighted by Crippen LogP contribution is 2.44. The number of aromatic nitrogens is 5. The van der Waals surface area contributed by atoms with Gasteiger partial charge in [-0.2, -0.15) is 9.97 Å². The van der Waals surface area contributed by atoms with E-state index in [1.165, 1.54) is 0 Å². The van der Waals surface area contributed by atoms with Crippen LogP contribution in [0.3, 0.4) is 0 Å². The van der Waals surface area contributed by atoms with E-state index < -0.39 is 0 Å². The molecule has 5 heteroatoms. The average Bonchev–Trinajstić information content (AvgIpc) is 3.92. The Morgan fingerprint density at radius 2 is 0.632 bits per heavy atom. The first-order chi connectivity index (χ1) is 33.7. The minimum absolute atomic E-state index is 0.551. The third-order valence-corrected chi connectivity index (χ3v) is 13.2. The molecule has 318 valence electrons. The van der Waals surface area contributed by atoms with Gasteiger partial charge in [0.2, 0.25) is 5.95 Å². The lowest BCUT2D eigenvalue weighted by molar-refractivity contribution is 0.954. The molecule has 0 radical (unpaired) electrons. The molecule has 3 heterocycles. The van der Waals surface area contributed by atoms with Crippen LogP contribution in [0, 0.1) is 0 Å². The summed E-state index contributed by atoms with van der Waals surface area (Å²) < 4.78 is 4.72. The number of nitrogens with zero attached hydrogens (tertiary/aromatic N) is 5. The zero-order chi connectivity index (χ0) is 45.0. The van der Waals surface area contributed by atoms with Crippen LogP contribution in [-0.2, 0) is 0 Å². The number of rotatable bonds is 8. The van der Waals surface area contributed by atoms with E-state index >= 15 is 0 Å². The van der Waals surface area contributed by atoms with Gasteiger partial charge in [-0.3, -0.25) is 4.57 Å². The van der Waals surface area contributed by atoms with Gasteiger partial charge in [0, 0.05) is 43.8 Å². The molecule has 3 aromatic heterocycles. The number of para-hydroxylation sites is 3. The molecule has 0 amide bonds. The molecule has 0 aliphatic heterocycles. The molecule has 0 aliphatic rings. The molecular weight excluding hydrogens is 827 g/mol.